The summed E-state index contributed by atoms with van der Waals surface area (Å²) in [5.41, 5.74) is 4.58. The lowest BCUT2D eigenvalue weighted by molar-refractivity contribution is -0.134. The fourth-order valence-corrected chi connectivity index (χ4v) is 5.00. The van der Waals surface area contributed by atoms with Crippen molar-refractivity contribution in [2.75, 3.05) is 31.1 Å². The molecule has 2 aliphatic rings. The molecule has 2 aromatic carbocycles. The zero-order chi connectivity index (χ0) is 24.2. The minimum absolute atomic E-state index is 0.0817. The van der Waals surface area contributed by atoms with Crippen molar-refractivity contribution in [3.63, 3.8) is 0 Å². The van der Waals surface area contributed by atoms with E-state index in [0.717, 1.165) is 30.8 Å². The molecule has 3 heterocycles. The number of piperazine rings is 1. The summed E-state index contributed by atoms with van der Waals surface area (Å²) in [4.78, 5) is 31.7. The molecule has 3 aromatic rings. The summed E-state index contributed by atoms with van der Waals surface area (Å²) in [5, 5.41) is 4.15. The fraction of sp³-hybridized carbons (Fsp3) is 0.370. The van der Waals surface area contributed by atoms with Gasteiger partial charge >= 0.3 is 6.09 Å². The molecule has 1 aromatic heterocycles. The summed E-state index contributed by atoms with van der Waals surface area (Å²) in [5.74, 6) is 0.0864. The molecule has 8 nitrogen and oxygen atoms in total. The van der Waals surface area contributed by atoms with Gasteiger partial charge in [0.15, 0.2) is 0 Å². The SMILES string of the molecule is CC1CN(c2cccc3c2CN(C(=O)OCc2ccccc2)CC3)CCN1C(=O)Cn1cccn1. The van der Waals surface area contributed by atoms with E-state index in [1.54, 1.807) is 15.8 Å². The van der Waals surface area contributed by atoms with Crippen molar-refractivity contribution in [2.45, 2.75) is 39.1 Å². The van der Waals surface area contributed by atoms with E-state index in [1.165, 1.54) is 11.1 Å². The molecule has 2 aliphatic heterocycles. The number of anilines is 1. The van der Waals surface area contributed by atoms with Crippen molar-refractivity contribution in [3.05, 3.63) is 83.7 Å². The first-order valence-corrected chi connectivity index (χ1v) is 12.2. The number of benzene rings is 2. The third kappa shape index (κ3) is 5.16. The first-order valence-electron chi connectivity index (χ1n) is 12.2. The van der Waals surface area contributed by atoms with Crippen LogP contribution in [0.15, 0.2) is 67.0 Å². The molecule has 0 radical (unpaired) electrons. The van der Waals surface area contributed by atoms with Crippen molar-refractivity contribution in [1.82, 2.24) is 19.6 Å². The number of aromatic nitrogens is 2. The van der Waals surface area contributed by atoms with Crippen molar-refractivity contribution < 1.29 is 14.3 Å². The second-order valence-corrected chi connectivity index (χ2v) is 9.21. The van der Waals surface area contributed by atoms with Crippen LogP contribution < -0.4 is 4.90 Å². The summed E-state index contributed by atoms with van der Waals surface area (Å²) >= 11 is 0. The molecule has 35 heavy (non-hydrogen) atoms. The lowest BCUT2D eigenvalue weighted by Gasteiger charge is -2.42. The molecule has 0 aliphatic carbocycles. The number of fused-ring (bicyclic) bond motifs is 1. The number of nitrogens with zero attached hydrogens (tertiary/aromatic N) is 5. The molecular formula is C27H31N5O3. The Morgan fingerprint density at radius 3 is 2.66 bits per heavy atom. The predicted octanol–water partition coefficient (Wildman–Crippen LogP) is 3.32. The molecule has 0 spiro atoms. The lowest BCUT2D eigenvalue weighted by Crippen LogP contribution is -2.55. The summed E-state index contributed by atoms with van der Waals surface area (Å²) < 4.78 is 7.26. The van der Waals surface area contributed by atoms with Gasteiger partial charge < -0.3 is 19.4 Å². The molecule has 1 atom stereocenters. The van der Waals surface area contributed by atoms with Crippen LogP contribution in [0.5, 0.6) is 0 Å². The van der Waals surface area contributed by atoms with E-state index in [-0.39, 0.29) is 31.2 Å². The Labute approximate surface area is 205 Å². The Morgan fingerprint density at radius 1 is 1.03 bits per heavy atom. The largest absolute Gasteiger partial charge is 0.445 e. The van der Waals surface area contributed by atoms with Crippen LogP contribution in [-0.4, -0.2) is 63.8 Å². The minimum Gasteiger partial charge on any atom is -0.445 e. The van der Waals surface area contributed by atoms with Crippen LogP contribution in [0.1, 0.15) is 23.6 Å². The maximum Gasteiger partial charge on any atom is 0.410 e. The molecule has 2 amide bonds. The first kappa shape index (κ1) is 23.0. The third-order valence-corrected chi connectivity index (χ3v) is 6.86. The molecule has 5 rings (SSSR count). The number of amides is 2. The second-order valence-electron chi connectivity index (χ2n) is 9.21. The zero-order valence-corrected chi connectivity index (χ0v) is 20.0. The highest BCUT2D eigenvalue weighted by atomic mass is 16.6. The standard InChI is InChI=1S/C27H31N5O3/c1-21-17-29(15-16-32(21)26(33)19-31-13-6-12-28-31)25-10-5-9-23-11-14-30(18-24(23)25)27(34)35-20-22-7-3-2-4-8-22/h2-10,12-13,21H,11,14-20H2,1H3. The Kier molecular flexibility index (Phi) is 6.70. The topological polar surface area (TPSA) is 70.9 Å². The van der Waals surface area contributed by atoms with Gasteiger partial charge in [0.2, 0.25) is 5.91 Å². The van der Waals surface area contributed by atoms with E-state index in [1.807, 2.05) is 47.5 Å². The van der Waals surface area contributed by atoms with Crippen molar-refractivity contribution >= 4 is 17.7 Å². The van der Waals surface area contributed by atoms with E-state index in [9.17, 15) is 9.59 Å². The first-order chi connectivity index (χ1) is 17.1. The zero-order valence-electron chi connectivity index (χ0n) is 20.0. The van der Waals surface area contributed by atoms with E-state index in [4.69, 9.17) is 4.74 Å². The Balaban J connectivity index is 1.24. The van der Waals surface area contributed by atoms with Crippen molar-refractivity contribution in [2.24, 2.45) is 0 Å². The highest BCUT2D eigenvalue weighted by Gasteiger charge is 2.31. The Morgan fingerprint density at radius 2 is 1.89 bits per heavy atom. The third-order valence-electron chi connectivity index (χ3n) is 6.86. The van der Waals surface area contributed by atoms with Gasteiger partial charge in [0.05, 0.1) is 6.54 Å². The van der Waals surface area contributed by atoms with Gasteiger partial charge in [-0.3, -0.25) is 9.48 Å². The van der Waals surface area contributed by atoms with Gasteiger partial charge in [-0.25, -0.2) is 4.79 Å². The number of ether oxygens (including phenoxy) is 1. The molecule has 1 saturated heterocycles. The van der Waals surface area contributed by atoms with Gasteiger partial charge in [-0.1, -0.05) is 42.5 Å². The molecule has 1 unspecified atom stereocenters. The quantitative estimate of drug-likeness (QED) is 0.569. The fourth-order valence-electron chi connectivity index (χ4n) is 5.00. The maximum absolute atomic E-state index is 12.8. The summed E-state index contributed by atoms with van der Waals surface area (Å²) in [6, 6.07) is 18.0. The second kappa shape index (κ2) is 10.2. The lowest BCUT2D eigenvalue weighted by atomic mass is 9.97. The summed E-state index contributed by atoms with van der Waals surface area (Å²) in [6.45, 7) is 5.98. The van der Waals surface area contributed by atoms with Crippen molar-refractivity contribution in [3.8, 4) is 0 Å². The maximum atomic E-state index is 12.8. The van der Waals surface area contributed by atoms with Crippen LogP contribution in [0.2, 0.25) is 0 Å². The van der Waals surface area contributed by atoms with Crippen LogP contribution in [0.3, 0.4) is 0 Å². The van der Waals surface area contributed by atoms with Gasteiger partial charge in [-0.15, -0.1) is 0 Å². The molecule has 0 bridgehead atoms. The van der Waals surface area contributed by atoms with E-state index in [0.29, 0.717) is 19.6 Å². The molecule has 1 fully saturated rings. The number of hydrogen-bond donors (Lipinski definition) is 0. The Bertz CT molecular complexity index is 1160. The highest BCUT2D eigenvalue weighted by Crippen LogP contribution is 2.31. The normalized spacial score (nSPS) is 17.7. The average Bonchev–Trinajstić information content (AvgIpc) is 3.40. The van der Waals surface area contributed by atoms with Crippen LogP contribution >= 0.6 is 0 Å². The number of carbonyl (C=O) groups excluding carboxylic acids is 2. The van der Waals surface area contributed by atoms with Gasteiger partial charge in [-0.05, 0) is 42.2 Å². The molecular weight excluding hydrogens is 442 g/mol. The molecule has 0 saturated carbocycles. The van der Waals surface area contributed by atoms with E-state index >= 15 is 0 Å². The van der Waals surface area contributed by atoms with Gasteiger partial charge in [-0.2, -0.15) is 5.10 Å². The molecule has 0 N–H and O–H groups in total. The summed E-state index contributed by atoms with van der Waals surface area (Å²) in [7, 11) is 0. The number of rotatable bonds is 5. The van der Waals surface area contributed by atoms with Crippen LogP contribution in [0.25, 0.3) is 0 Å². The van der Waals surface area contributed by atoms with Crippen LogP contribution in [0.4, 0.5) is 10.5 Å². The van der Waals surface area contributed by atoms with Crippen molar-refractivity contribution in [1.29, 1.82) is 0 Å². The number of hydrogen-bond acceptors (Lipinski definition) is 5. The van der Waals surface area contributed by atoms with Crippen LogP contribution in [-0.2, 0) is 35.6 Å². The smallest absolute Gasteiger partial charge is 0.410 e. The van der Waals surface area contributed by atoms with Gasteiger partial charge in [0, 0.05) is 50.3 Å². The summed E-state index contributed by atoms with van der Waals surface area (Å²) in [6.07, 6.45) is 4.03. The average molecular weight is 474 g/mol. The Hall–Kier alpha value is -3.81. The van der Waals surface area contributed by atoms with E-state index in [2.05, 4.69) is 35.1 Å². The minimum atomic E-state index is -0.281. The number of carbonyl (C=O) groups is 2. The van der Waals surface area contributed by atoms with E-state index < -0.39 is 0 Å². The predicted molar refractivity (Wildman–Crippen MR) is 133 cm³/mol. The van der Waals surface area contributed by atoms with Gasteiger partial charge in [0.1, 0.15) is 13.2 Å². The monoisotopic (exact) mass is 473 g/mol. The molecule has 8 heteroatoms. The highest BCUT2D eigenvalue weighted by molar-refractivity contribution is 5.77. The van der Waals surface area contributed by atoms with Gasteiger partial charge in [0.25, 0.3) is 0 Å². The molecule has 182 valence electrons. The van der Waals surface area contributed by atoms with Crippen LogP contribution in [0, 0.1) is 0 Å².